The zero-order valence-corrected chi connectivity index (χ0v) is 20.6. The van der Waals surface area contributed by atoms with Crippen LogP contribution in [-0.4, -0.2) is 26.4 Å². The van der Waals surface area contributed by atoms with Crippen LogP contribution in [0.4, 0.5) is 10.1 Å². The van der Waals surface area contributed by atoms with Crippen molar-refractivity contribution < 1.29 is 9.18 Å². The number of benzene rings is 3. The number of hydrogen-bond donors (Lipinski definition) is 1. The number of carbonyl (C=O) groups excluding carboxylic acids is 1. The van der Waals surface area contributed by atoms with Crippen molar-refractivity contribution in [1.82, 2.24) is 14.8 Å². The Kier molecular flexibility index (Phi) is 7.05. The van der Waals surface area contributed by atoms with Gasteiger partial charge >= 0.3 is 0 Å². The van der Waals surface area contributed by atoms with Gasteiger partial charge in [0.15, 0.2) is 11.0 Å². The van der Waals surface area contributed by atoms with Crippen LogP contribution < -0.4 is 5.32 Å². The predicted octanol–water partition coefficient (Wildman–Crippen LogP) is 6.76. The molecule has 0 radical (unpaired) electrons. The third kappa shape index (κ3) is 5.66. The Morgan fingerprint density at radius 1 is 1.03 bits per heavy atom. The molecule has 0 spiro atoms. The third-order valence-electron chi connectivity index (χ3n) is 5.17. The molecule has 1 heterocycles. The summed E-state index contributed by atoms with van der Waals surface area (Å²) in [5, 5.41) is 12.7. The van der Waals surface area contributed by atoms with Gasteiger partial charge in [-0.1, -0.05) is 74.5 Å². The average Bonchev–Trinajstić information content (AvgIpc) is 3.22. The van der Waals surface area contributed by atoms with E-state index in [1.54, 1.807) is 24.3 Å². The highest BCUT2D eigenvalue weighted by Crippen LogP contribution is 2.30. The second-order valence-corrected chi connectivity index (χ2v) is 10.2. The number of amides is 1. The fraction of sp³-hybridized carbons (Fsp3) is 0.192. The van der Waals surface area contributed by atoms with Gasteiger partial charge in [-0.3, -0.25) is 9.36 Å². The minimum atomic E-state index is -0.407. The fourth-order valence-electron chi connectivity index (χ4n) is 3.39. The number of nitrogens with zero attached hydrogens (tertiary/aromatic N) is 3. The molecule has 1 amide bonds. The zero-order valence-electron chi connectivity index (χ0n) is 19.0. The maximum absolute atomic E-state index is 13.4. The number of anilines is 1. The van der Waals surface area contributed by atoms with Crippen LogP contribution in [0, 0.1) is 5.82 Å². The van der Waals surface area contributed by atoms with E-state index in [1.807, 2.05) is 28.8 Å². The molecular weight excluding hydrogens is 471 g/mol. The normalized spacial score (nSPS) is 11.4. The first-order valence-corrected chi connectivity index (χ1v) is 12.1. The molecule has 4 rings (SSSR count). The summed E-state index contributed by atoms with van der Waals surface area (Å²) in [4.78, 5) is 12.5. The lowest BCUT2D eigenvalue weighted by Gasteiger charge is -2.19. The van der Waals surface area contributed by atoms with Crippen molar-refractivity contribution in [1.29, 1.82) is 0 Å². The van der Waals surface area contributed by atoms with Crippen LogP contribution in [0.5, 0.6) is 0 Å². The van der Waals surface area contributed by atoms with Crippen LogP contribution in [0.25, 0.3) is 17.1 Å². The third-order valence-corrected chi connectivity index (χ3v) is 6.35. The number of halogens is 2. The topological polar surface area (TPSA) is 59.8 Å². The lowest BCUT2D eigenvalue weighted by molar-refractivity contribution is -0.113. The van der Waals surface area contributed by atoms with E-state index in [0.29, 0.717) is 21.7 Å². The quantitative estimate of drug-likeness (QED) is 0.301. The number of rotatable bonds is 6. The zero-order chi connectivity index (χ0) is 24.3. The number of aromatic nitrogens is 3. The lowest BCUT2D eigenvalue weighted by atomic mass is 9.87. The van der Waals surface area contributed by atoms with Gasteiger partial charge < -0.3 is 5.32 Å². The first-order valence-electron chi connectivity index (χ1n) is 10.7. The number of nitrogens with one attached hydrogen (secondary N) is 1. The van der Waals surface area contributed by atoms with Crippen LogP contribution in [-0.2, 0) is 10.2 Å². The van der Waals surface area contributed by atoms with Crippen molar-refractivity contribution in [2.24, 2.45) is 0 Å². The van der Waals surface area contributed by atoms with Gasteiger partial charge in [-0.2, -0.15) is 0 Å². The van der Waals surface area contributed by atoms with Crippen molar-refractivity contribution in [2.75, 3.05) is 11.1 Å². The SMILES string of the molecule is CC(C)(C)c1ccc(-c2nnc(SCC(=O)Nc3cccc(F)c3)n2-c2ccc(Cl)cc2)cc1. The van der Waals surface area contributed by atoms with E-state index in [2.05, 4.69) is 48.4 Å². The molecule has 0 aliphatic rings. The Morgan fingerprint density at radius 3 is 2.38 bits per heavy atom. The van der Waals surface area contributed by atoms with Crippen molar-refractivity contribution >= 4 is 35.0 Å². The molecule has 1 N–H and O–H groups in total. The van der Waals surface area contributed by atoms with Crippen LogP contribution >= 0.6 is 23.4 Å². The van der Waals surface area contributed by atoms with E-state index in [0.717, 1.165) is 11.3 Å². The molecule has 0 aliphatic carbocycles. The summed E-state index contributed by atoms with van der Waals surface area (Å²) >= 11 is 7.35. The summed E-state index contributed by atoms with van der Waals surface area (Å²) in [6.45, 7) is 6.51. The molecule has 0 aliphatic heterocycles. The van der Waals surface area contributed by atoms with Crippen molar-refractivity contribution in [3.8, 4) is 17.1 Å². The van der Waals surface area contributed by atoms with E-state index < -0.39 is 5.82 Å². The van der Waals surface area contributed by atoms with Crippen molar-refractivity contribution in [3.05, 3.63) is 89.2 Å². The second kappa shape index (κ2) is 9.99. The first kappa shape index (κ1) is 24.0. The van der Waals surface area contributed by atoms with Crippen LogP contribution in [0.15, 0.2) is 78.0 Å². The van der Waals surface area contributed by atoms with Gasteiger partial charge in [0.2, 0.25) is 5.91 Å². The second-order valence-electron chi connectivity index (χ2n) is 8.79. The molecule has 5 nitrogen and oxygen atoms in total. The smallest absolute Gasteiger partial charge is 0.234 e. The molecule has 3 aromatic carbocycles. The summed E-state index contributed by atoms with van der Waals surface area (Å²) in [6, 6.07) is 21.4. The lowest BCUT2D eigenvalue weighted by Crippen LogP contribution is -2.14. The Balaban J connectivity index is 1.62. The summed E-state index contributed by atoms with van der Waals surface area (Å²) in [5.41, 5.74) is 3.41. The summed E-state index contributed by atoms with van der Waals surface area (Å²) in [7, 11) is 0. The largest absolute Gasteiger partial charge is 0.325 e. The highest BCUT2D eigenvalue weighted by molar-refractivity contribution is 7.99. The van der Waals surface area contributed by atoms with Crippen molar-refractivity contribution in [2.45, 2.75) is 31.3 Å². The summed E-state index contributed by atoms with van der Waals surface area (Å²) < 4.78 is 15.3. The fourth-order valence-corrected chi connectivity index (χ4v) is 4.26. The minimum absolute atomic E-state index is 0.0401. The molecule has 1 aromatic heterocycles. The Morgan fingerprint density at radius 2 is 1.74 bits per heavy atom. The molecule has 0 bridgehead atoms. The van der Waals surface area contributed by atoms with Crippen LogP contribution in [0.1, 0.15) is 26.3 Å². The van der Waals surface area contributed by atoms with Crippen LogP contribution in [0.2, 0.25) is 5.02 Å². The van der Waals surface area contributed by atoms with Gasteiger partial charge in [0.25, 0.3) is 0 Å². The Labute approximate surface area is 207 Å². The van der Waals surface area contributed by atoms with Gasteiger partial charge in [-0.15, -0.1) is 10.2 Å². The number of carbonyl (C=O) groups is 1. The molecule has 0 atom stereocenters. The predicted molar refractivity (Wildman–Crippen MR) is 136 cm³/mol. The van der Waals surface area contributed by atoms with E-state index in [1.165, 1.54) is 29.5 Å². The van der Waals surface area contributed by atoms with E-state index >= 15 is 0 Å². The van der Waals surface area contributed by atoms with Gasteiger partial charge in [0, 0.05) is 22.0 Å². The molecule has 174 valence electrons. The maximum atomic E-state index is 13.4. The monoisotopic (exact) mass is 494 g/mol. The van der Waals surface area contributed by atoms with Gasteiger partial charge in [-0.05, 0) is 53.4 Å². The Hall–Kier alpha value is -3.16. The Bertz CT molecular complexity index is 1300. The first-order chi connectivity index (χ1) is 16.2. The molecular formula is C26H24ClFN4OS. The summed E-state index contributed by atoms with van der Waals surface area (Å²) in [6.07, 6.45) is 0. The van der Waals surface area contributed by atoms with Crippen LogP contribution in [0.3, 0.4) is 0 Å². The minimum Gasteiger partial charge on any atom is -0.325 e. The molecule has 4 aromatic rings. The van der Waals surface area contributed by atoms with Crippen molar-refractivity contribution in [3.63, 3.8) is 0 Å². The highest BCUT2D eigenvalue weighted by Gasteiger charge is 2.19. The average molecular weight is 495 g/mol. The molecule has 0 saturated heterocycles. The standard InChI is InChI=1S/C26H24ClFN4OS/c1-26(2,3)18-9-7-17(8-10-18)24-30-31-25(32(24)22-13-11-19(27)12-14-22)34-16-23(33)29-21-6-4-5-20(28)15-21/h4-15H,16H2,1-3H3,(H,29,33). The van der Waals surface area contributed by atoms with Gasteiger partial charge in [0.1, 0.15) is 5.82 Å². The molecule has 0 unspecified atom stereocenters. The number of thioether (sulfide) groups is 1. The van der Waals surface area contributed by atoms with Gasteiger partial charge in [-0.25, -0.2) is 4.39 Å². The maximum Gasteiger partial charge on any atom is 0.234 e. The molecule has 34 heavy (non-hydrogen) atoms. The van der Waals surface area contributed by atoms with E-state index in [-0.39, 0.29) is 17.1 Å². The van der Waals surface area contributed by atoms with E-state index in [9.17, 15) is 9.18 Å². The molecule has 0 fully saturated rings. The van der Waals surface area contributed by atoms with E-state index in [4.69, 9.17) is 11.6 Å². The molecule has 8 heteroatoms. The highest BCUT2D eigenvalue weighted by atomic mass is 35.5. The molecule has 0 saturated carbocycles. The number of hydrogen-bond acceptors (Lipinski definition) is 4. The van der Waals surface area contributed by atoms with Gasteiger partial charge in [0.05, 0.1) is 5.75 Å². The summed E-state index contributed by atoms with van der Waals surface area (Å²) in [5.74, 6) is 0.0776.